The van der Waals surface area contributed by atoms with Crippen LogP contribution >= 0.6 is 0 Å². The minimum Gasteiger partial charge on any atom is -0.475 e. The van der Waals surface area contributed by atoms with E-state index in [1.165, 1.54) is 6.42 Å². The zero-order valence-corrected chi connectivity index (χ0v) is 20.8. The normalized spacial score (nSPS) is 14.0. The van der Waals surface area contributed by atoms with Gasteiger partial charge in [-0.05, 0) is 50.6 Å². The van der Waals surface area contributed by atoms with E-state index >= 15 is 0 Å². The van der Waals surface area contributed by atoms with Crippen LogP contribution in [-0.2, 0) is 4.74 Å². The third kappa shape index (κ3) is 10.7. The van der Waals surface area contributed by atoms with E-state index in [1.807, 2.05) is 65.0 Å². The van der Waals surface area contributed by atoms with Crippen LogP contribution in [0.15, 0.2) is 59.6 Å². The lowest BCUT2D eigenvalue weighted by Gasteiger charge is -2.18. The van der Waals surface area contributed by atoms with E-state index in [0.29, 0.717) is 11.7 Å². The molecule has 0 unspecified atom stereocenters. The van der Waals surface area contributed by atoms with Crippen molar-refractivity contribution in [1.29, 1.82) is 0 Å². The maximum Gasteiger partial charge on any atom is 0.210 e. The minimum absolute atomic E-state index is 0.0669. The molecule has 5 heteroatoms. The summed E-state index contributed by atoms with van der Waals surface area (Å²) in [5.74, 6) is 1.24. The number of rotatable bonds is 6. The van der Waals surface area contributed by atoms with Gasteiger partial charge in [0, 0.05) is 17.8 Å². The Balaban J connectivity index is 0.00000165. The van der Waals surface area contributed by atoms with Crippen LogP contribution in [-0.4, -0.2) is 36.3 Å². The molecule has 1 heterocycles. The molecule has 2 rings (SSSR count). The van der Waals surface area contributed by atoms with Crippen LogP contribution in [0.1, 0.15) is 66.9 Å². The Morgan fingerprint density at radius 2 is 1.84 bits per heavy atom. The fourth-order valence-electron chi connectivity index (χ4n) is 2.63. The van der Waals surface area contributed by atoms with Crippen molar-refractivity contribution in [2.24, 2.45) is 4.99 Å². The first-order chi connectivity index (χ1) is 14.8. The third-order valence-corrected chi connectivity index (χ3v) is 3.92. The van der Waals surface area contributed by atoms with Gasteiger partial charge in [0.15, 0.2) is 6.21 Å². The molecule has 1 aromatic rings. The van der Waals surface area contributed by atoms with Gasteiger partial charge in [-0.1, -0.05) is 52.8 Å². The van der Waals surface area contributed by atoms with Crippen molar-refractivity contribution < 1.29 is 9.31 Å². The highest BCUT2D eigenvalue weighted by molar-refractivity contribution is 6.10. The van der Waals surface area contributed by atoms with Crippen LogP contribution in [0.25, 0.3) is 5.57 Å². The molecule has 31 heavy (non-hydrogen) atoms. The maximum atomic E-state index is 5.83. The summed E-state index contributed by atoms with van der Waals surface area (Å²) in [6, 6.07) is 7.90. The van der Waals surface area contributed by atoms with Crippen molar-refractivity contribution in [3.8, 4) is 0 Å². The van der Waals surface area contributed by atoms with Crippen LogP contribution in [0.5, 0.6) is 0 Å². The maximum absolute atomic E-state index is 5.83. The molecule has 0 fully saturated rings. The molecule has 1 aliphatic heterocycles. The van der Waals surface area contributed by atoms with Gasteiger partial charge < -0.3 is 15.8 Å². The molecule has 0 bridgehead atoms. The smallest absolute Gasteiger partial charge is 0.210 e. The number of anilines is 1. The Kier molecular flexibility index (Phi) is 14.5. The number of nitrogens with one attached hydrogen (secondary N) is 1. The number of nitrogen functional groups attached to an aromatic ring is 1. The van der Waals surface area contributed by atoms with Gasteiger partial charge in [-0.2, -0.15) is 4.99 Å². The second-order valence-electron chi connectivity index (χ2n) is 7.20. The first-order valence-corrected chi connectivity index (χ1v) is 11.3. The predicted molar refractivity (Wildman–Crippen MR) is 138 cm³/mol. The van der Waals surface area contributed by atoms with Gasteiger partial charge in [-0.3, -0.25) is 0 Å². The van der Waals surface area contributed by atoms with Crippen LogP contribution in [0.2, 0.25) is 0 Å². The lowest BCUT2D eigenvalue weighted by atomic mass is 10.0. The van der Waals surface area contributed by atoms with Gasteiger partial charge in [0.1, 0.15) is 19.4 Å². The summed E-state index contributed by atoms with van der Waals surface area (Å²) in [6.07, 6.45) is 7.90. The van der Waals surface area contributed by atoms with Crippen molar-refractivity contribution in [2.75, 3.05) is 19.3 Å². The summed E-state index contributed by atoms with van der Waals surface area (Å²) in [5.41, 5.74) is 9.92. The molecule has 0 saturated carbocycles. The van der Waals surface area contributed by atoms with Crippen LogP contribution < -0.4 is 11.1 Å². The van der Waals surface area contributed by atoms with Gasteiger partial charge in [-0.15, -0.1) is 0 Å². The second-order valence-corrected chi connectivity index (χ2v) is 7.20. The highest BCUT2D eigenvalue weighted by atomic mass is 16.5. The fourth-order valence-corrected chi connectivity index (χ4v) is 2.63. The predicted octanol–water partition coefficient (Wildman–Crippen LogP) is 6.00. The lowest BCUT2D eigenvalue weighted by Crippen LogP contribution is -2.28. The average Bonchev–Trinajstić information content (AvgIpc) is 2.76. The highest BCUT2D eigenvalue weighted by Gasteiger charge is 2.19. The molecule has 0 spiro atoms. The molecule has 0 amide bonds. The molecule has 1 aromatic carbocycles. The van der Waals surface area contributed by atoms with E-state index in [4.69, 9.17) is 10.5 Å². The van der Waals surface area contributed by atoms with Gasteiger partial charge in [0.05, 0.1) is 11.7 Å². The second kappa shape index (κ2) is 15.9. The lowest BCUT2D eigenvalue weighted by molar-refractivity contribution is -0.491. The van der Waals surface area contributed by atoms with Gasteiger partial charge in [0.2, 0.25) is 5.88 Å². The Labute approximate surface area is 190 Å². The van der Waals surface area contributed by atoms with Crippen molar-refractivity contribution in [3.63, 3.8) is 0 Å². The molecule has 0 saturated heterocycles. The summed E-state index contributed by atoms with van der Waals surface area (Å²) < 4.78 is 7.88. The largest absolute Gasteiger partial charge is 0.475 e. The summed E-state index contributed by atoms with van der Waals surface area (Å²) in [4.78, 5) is 4.55. The van der Waals surface area contributed by atoms with Crippen LogP contribution in [0.3, 0.4) is 0 Å². The number of ether oxygens (including phenoxy) is 1. The average molecular weight is 428 g/mol. The van der Waals surface area contributed by atoms with E-state index in [-0.39, 0.29) is 6.10 Å². The quantitative estimate of drug-likeness (QED) is 0.192. The highest BCUT2D eigenvalue weighted by Crippen LogP contribution is 2.22. The monoisotopic (exact) mass is 427 g/mol. The van der Waals surface area contributed by atoms with E-state index in [1.54, 1.807) is 6.08 Å². The molecule has 5 nitrogen and oxygen atoms in total. The van der Waals surface area contributed by atoms with E-state index in [9.17, 15) is 0 Å². The van der Waals surface area contributed by atoms with Crippen LogP contribution in [0, 0.1) is 0 Å². The van der Waals surface area contributed by atoms with Gasteiger partial charge in [0.25, 0.3) is 0 Å². The Morgan fingerprint density at radius 3 is 2.32 bits per heavy atom. The standard InChI is InChI=1S/C21H28N4O.C3H8.C2H6/c1-6-20(24-21(7-2)26-15(3)4)23-19-12-13-25(5)14-18(19)16-8-10-17(22)11-9-16;1-3-2;1-2/h6-11,14-15H,1,12-13,22H2,2-5H3;3H2,1-2H3;1-2H3/p+1/b21-7+,24-20+;;. The summed E-state index contributed by atoms with van der Waals surface area (Å²) in [7, 11) is 2.07. The Hall–Kier alpha value is -2.82. The van der Waals surface area contributed by atoms with E-state index < -0.39 is 0 Å². The van der Waals surface area contributed by atoms with Crippen molar-refractivity contribution in [2.45, 2.75) is 67.4 Å². The number of hydrogen-bond acceptors (Lipinski definition) is 3. The van der Waals surface area contributed by atoms with E-state index in [2.05, 4.69) is 48.6 Å². The van der Waals surface area contributed by atoms with Crippen molar-refractivity contribution in [3.05, 3.63) is 60.1 Å². The van der Waals surface area contributed by atoms with Gasteiger partial charge >= 0.3 is 0 Å². The molecule has 3 N–H and O–H groups in total. The Morgan fingerprint density at radius 1 is 1.26 bits per heavy atom. The topological polar surface area (TPSA) is 62.6 Å². The summed E-state index contributed by atoms with van der Waals surface area (Å²) in [6.45, 7) is 18.9. The zero-order chi connectivity index (χ0) is 23.8. The number of hydrogen-bond donors (Lipinski definition) is 2. The first kappa shape index (κ1) is 28.2. The van der Waals surface area contributed by atoms with Crippen molar-refractivity contribution in [1.82, 2.24) is 5.32 Å². The molecule has 0 radical (unpaired) electrons. The van der Waals surface area contributed by atoms with Crippen LogP contribution in [0.4, 0.5) is 5.69 Å². The first-order valence-electron chi connectivity index (χ1n) is 11.3. The number of amidine groups is 1. The molecule has 0 atom stereocenters. The minimum atomic E-state index is 0.0669. The molecule has 1 aliphatic rings. The SMILES string of the molecule is C=C/C(=N\C(=C/C)OC(C)C)NC1=C(c2ccc(N)cc2)C=[N+](C)CC1.CC.CCC. The number of benzene rings is 1. The van der Waals surface area contributed by atoms with Gasteiger partial charge in [-0.25, -0.2) is 4.58 Å². The molecular weight excluding hydrogens is 384 g/mol. The summed E-state index contributed by atoms with van der Waals surface area (Å²) >= 11 is 0. The molecular formula is C26H43N4O+. The molecule has 172 valence electrons. The number of aliphatic imine (C=N–C) groups is 1. The number of nitrogens with two attached hydrogens (primary N) is 1. The van der Waals surface area contributed by atoms with E-state index in [0.717, 1.165) is 35.5 Å². The molecule has 0 aliphatic carbocycles. The molecule has 0 aromatic heterocycles. The zero-order valence-electron chi connectivity index (χ0n) is 20.8. The number of allylic oxidation sites excluding steroid dienone is 2. The number of nitrogens with zero attached hydrogens (tertiary/aromatic N) is 2. The van der Waals surface area contributed by atoms with Crippen molar-refractivity contribution >= 4 is 23.3 Å². The third-order valence-electron chi connectivity index (χ3n) is 3.92. The fraction of sp³-hybridized carbons (Fsp3) is 0.462. The Bertz CT molecular complexity index is 784. The summed E-state index contributed by atoms with van der Waals surface area (Å²) in [5, 5.41) is 3.43.